The fourth-order valence-corrected chi connectivity index (χ4v) is 4.54. The van der Waals surface area contributed by atoms with E-state index in [2.05, 4.69) is 5.10 Å². The van der Waals surface area contributed by atoms with Crippen LogP contribution in [0, 0.1) is 12.7 Å². The van der Waals surface area contributed by atoms with Gasteiger partial charge in [-0.15, -0.1) is 0 Å². The molecule has 2 aliphatic heterocycles. The Morgan fingerprint density at radius 3 is 2.49 bits per heavy atom. The van der Waals surface area contributed by atoms with Gasteiger partial charge in [-0.05, 0) is 43.2 Å². The van der Waals surface area contributed by atoms with Crippen LogP contribution in [-0.2, 0) is 32.5 Å². The summed E-state index contributed by atoms with van der Waals surface area (Å²) in [5, 5.41) is 4.34. The van der Waals surface area contributed by atoms with Crippen molar-refractivity contribution < 1.29 is 28.2 Å². The Hall–Kier alpha value is -2.98. The molecule has 0 spiro atoms. The minimum Gasteiger partial charge on any atom is -0.490 e. The molecule has 9 nitrogen and oxygen atoms in total. The van der Waals surface area contributed by atoms with E-state index in [0.29, 0.717) is 58.0 Å². The summed E-state index contributed by atoms with van der Waals surface area (Å²) in [4.78, 5) is 29.8. The van der Waals surface area contributed by atoms with Crippen molar-refractivity contribution in [3.63, 3.8) is 0 Å². The van der Waals surface area contributed by atoms with Crippen LogP contribution in [0.15, 0.2) is 30.5 Å². The van der Waals surface area contributed by atoms with E-state index in [1.165, 1.54) is 24.3 Å². The number of hydrogen-bond acceptors (Lipinski definition) is 6. The summed E-state index contributed by atoms with van der Waals surface area (Å²) < 4.78 is 32.5. The van der Waals surface area contributed by atoms with Crippen molar-refractivity contribution in [1.82, 2.24) is 19.6 Å². The highest BCUT2D eigenvalue weighted by Gasteiger charge is 2.42. The summed E-state index contributed by atoms with van der Waals surface area (Å²) in [7, 11) is 1.86. The second-order valence-electron chi connectivity index (χ2n) is 9.17. The SMILES string of the molecule is Cc1nn(C)cc1CCC(=O)N1CCO[C@](COc2ccc(F)cc2)(CC(=O)N2CCOCC2)C1. The molecule has 10 heteroatoms. The Kier molecular flexibility index (Phi) is 8.02. The largest absolute Gasteiger partial charge is 0.490 e. The van der Waals surface area contributed by atoms with Gasteiger partial charge in [0.2, 0.25) is 11.8 Å². The lowest BCUT2D eigenvalue weighted by atomic mass is 9.96. The number of hydrogen-bond donors (Lipinski definition) is 0. The van der Waals surface area contributed by atoms with E-state index in [0.717, 1.165) is 11.3 Å². The first-order chi connectivity index (χ1) is 16.8. The molecule has 0 aliphatic carbocycles. The molecule has 1 atom stereocenters. The first-order valence-corrected chi connectivity index (χ1v) is 12.0. The maximum atomic E-state index is 13.3. The molecule has 3 heterocycles. The number of carbonyl (C=O) groups is 2. The third-order valence-corrected chi connectivity index (χ3v) is 6.48. The van der Waals surface area contributed by atoms with Gasteiger partial charge in [-0.1, -0.05) is 0 Å². The number of aryl methyl sites for hydroxylation is 3. The zero-order chi connectivity index (χ0) is 24.8. The molecule has 1 aromatic heterocycles. The van der Waals surface area contributed by atoms with Crippen molar-refractivity contribution in [2.75, 3.05) is 52.6 Å². The molecular weight excluding hydrogens is 455 g/mol. The van der Waals surface area contributed by atoms with E-state index >= 15 is 0 Å². The maximum Gasteiger partial charge on any atom is 0.225 e. The van der Waals surface area contributed by atoms with Crippen LogP contribution in [0.5, 0.6) is 5.75 Å². The number of aromatic nitrogens is 2. The highest BCUT2D eigenvalue weighted by atomic mass is 19.1. The molecule has 0 bridgehead atoms. The zero-order valence-electron chi connectivity index (χ0n) is 20.4. The lowest BCUT2D eigenvalue weighted by Gasteiger charge is -2.43. The molecular formula is C25H33FN4O5. The lowest BCUT2D eigenvalue weighted by Crippen LogP contribution is -2.58. The van der Waals surface area contributed by atoms with Crippen LogP contribution < -0.4 is 4.74 Å². The van der Waals surface area contributed by atoms with Crippen molar-refractivity contribution >= 4 is 11.8 Å². The number of ether oxygens (including phenoxy) is 3. The highest BCUT2D eigenvalue weighted by Crippen LogP contribution is 2.26. The molecule has 2 amide bonds. The minimum absolute atomic E-state index is 0.00142. The van der Waals surface area contributed by atoms with Crippen molar-refractivity contribution in [3.05, 3.63) is 47.5 Å². The summed E-state index contributed by atoms with van der Waals surface area (Å²) in [6.45, 7) is 5.07. The van der Waals surface area contributed by atoms with Gasteiger partial charge in [-0.2, -0.15) is 5.10 Å². The fraction of sp³-hybridized carbons (Fsp3) is 0.560. The summed E-state index contributed by atoms with van der Waals surface area (Å²) in [5.41, 5.74) is 0.963. The van der Waals surface area contributed by atoms with Gasteiger partial charge in [0.05, 0.1) is 38.5 Å². The Morgan fingerprint density at radius 2 is 1.80 bits per heavy atom. The highest BCUT2D eigenvalue weighted by molar-refractivity contribution is 5.79. The smallest absolute Gasteiger partial charge is 0.225 e. The standard InChI is InChI=1S/C25H33FN4O5/c1-19-20(16-28(2)27-19)3-8-23(31)30-11-14-35-25(17-30,15-24(32)29-9-12-33-13-10-29)18-34-22-6-4-21(26)5-7-22/h4-7,16H,3,8-15,17-18H2,1-2H3/t25-/m1/s1. The summed E-state index contributed by atoms with van der Waals surface area (Å²) >= 11 is 0. The molecule has 0 radical (unpaired) electrons. The summed E-state index contributed by atoms with van der Waals surface area (Å²) in [5.74, 6) is 0.0608. The molecule has 0 N–H and O–H groups in total. The predicted octanol–water partition coefficient (Wildman–Crippen LogP) is 1.73. The molecule has 2 aliphatic rings. The van der Waals surface area contributed by atoms with E-state index < -0.39 is 5.60 Å². The van der Waals surface area contributed by atoms with Crippen LogP contribution >= 0.6 is 0 Å². The van der Waals surface area contributed by atoms with E-state index in [-0.39, 0.29) is 37.2 Å². The van der Waals surface area contributed by atoms with Crippen LogP contribution in [0.2, 0.25) is 0 Å². The monoisotopic (exact) mass is 488 g/mol. The van der Waals surface area contributed by atoms with Crippen molar-refractivity contribution in [1.29, 1.82) is 0 Å². The second-order valence-corrected chi connectivity index (χ2v) is 9.17. The maximum absolute atomic E-state index is 13.3. The third kappa shape index (κ3) is 6.58. The summed E-state index contributed by atoms with van der Waals surface area (Å²) in [6, 6.07) is 5.71. The number of benzene rings is 1. The average molecular weight is 489 g/mol. The molecule has 2 fully saturated rings. The van der Waals surface area contributed by atoms with Crippen LogP contribution in [0.1, 0.15) is 24.1 Å². The van der Waals surface area contributed by atoms with Crippen LogP contribution in [0.4, 0.5) is 4.39 Å². The number of rotatable bonds is 8. The number of nitrogens with zero attached hydrogens (tertiary/aromatic N) is 4. The van der Waals surface area contributed by atoms with Crippen LogP contribution in [0.25, 0.3) is 0 Å². The molecule has 35 heavy (non-hydrogen) atoms. The van der Waals surface area contributed by atoms with Crippen molar-refractivity contribution in [2.24, 2.45) is 7.05 Å². The van der Waals surface area contributed by atoms with Gasteiger partial charge >= 0.3 is 0 Å². The predicted molar refractivity (Wildman–Crippen MR) is 125 cm³/mol. The van der Waals surface area contributed by atoms with Crippen LogP contribution in [0.3, 0.4) is 0 Å². The number of halogens is 1. The van der Waals surface area contributed by atoms with Gasteiger partial charge in [0, 0.05) is 39.3 Å². The van der Waals surface area contributed by atoms with Gasteiger partial charge in [-0.3, -0.25) is 14.3 Å². The topological polar surface area (TPSA) is 86.1 Å². The van der Waals surface area contributed by atoms with Gasteiger partial charge in [-0.25, -0.2) is 4.39 Å². The van der Waals surface area contributed by atoms with Gasteiger partial charge < -0.3 is 24.0 Å². The normalized spacial score (nSPS) is 20.7. The number of carbonyl (C=O) groups excluding carboxylic acids is 2. The van der Waals surface area contributed by atoms with Crippen molar-refractivity contribution in [2.45, 2.75) is 31.8 Å². The van der Waals surface area contributed by atoms with Gasteiger partial charge in [0.25, 0.3) is 0 Å². The fourth-order valence-electron chi connectivity index (χ4n) is 4.54. The van der Waals surface area contributed by atoms with Gasteiger partial charge in [0.1, 0.15) is 23.8 Å². The molecule has 4 rings (SSSR count). The Bertz CT molecular complexity index is 1020. The first-order valence-electron chi connectivity index (χ1n) is 12.0. The van der Waals surface area contributed by atoms with Crippen molar-refractivity contribution in [3.8, 4) is 5.75 Å². The zero-order valence-corrected chi connectivity index (χ0v) is 20.4. The minimum atomic E-state index is -0.998. The molecule has 0 unspecified atom stereocenters. The molecule has 190 valence electrons. The second kappa shape index (κ2) is 11.2. The number of morpholine rings is 2. The van der Waals surface area contributed by atoms with E-state index in [1.807, 2.05) is 20.2 Å². The van der Waals surface area contributed by atoms with Crippen LogP contribution in [-0.4, -0.2) is 89.6 Å². The molecule has 2 saturated heterocycles. The third-order valence-electron chi connectivity index (χ3n) is 6.48. The lowest BCUT2D eigenvalue weighted by molar-refractivity contribution is -0.167. The Labute approximate surface area is 204 Å². The first kappa shape index (κ1) is 25.1. The quantitative estimate of drug-likeness (QED) is 0.563. The Morgan fingerprint density at radius 1 is 1.09 bits per heavy atom. The molecule has 2 aromatic rings. The van der Waals surface area contributed by atoms with E-state index in [1.54, 1.807) is 14.5 Å². The Balaban J connectivity index is 1.45. The van der Waals surface area contributed by atoms with Gasteiger partial charge in [0.15, 0.2) is 0 Å². The van der Waals surface area contributed by atoms with E-state index in [4.69, 9.17) is 14.2 Å². The number of amides is 2. The molecule has 1 aromatic carbocycles. The van der Waals surface area contributed by atoms with E-state index in [9.17, 15) is 14.0 Å². The summed E-state index contributed by atoms with van der Waals surface area (Å²) in [6.07, 6.45) is 2.96. The average Bonchev–Trinajstić information content (AvgIpc) is 3.19. The molecule has 0 saturated carbocycles.